The molecular weight excluding hydrogens is 221 g/mol. The molecule has 0 radical (unpaired) electrons. The zero-order valence-corrected chi connectivity index (χ0v) is 12.7. The number of rotatable bonds is 3. The smallest absolute Gasteiger partial charge is 0.781 e. The largest absolute Gasteiger partial charge is 1.00 e. The topological polar surface area (TPSA) is 91.9 Å². The Balaban J connectivity index is -0.0000000600. The molecule has 0 aliphatic rings. The average Bonchev–Trinajstić information content (AvgIpc) is 1.90. The van der Waals surface area contributed by atoms with Crippen molar-refractivity contribution in [2.24, 2.45) is 0 Å². The summed E-state index contributed by atoms with van der Waals surface area (Å²) in [6, 6.07) is 0. The van der Waals surface area contributed by atoms with E-state index < -0.39 is 8.25 Å². The van der Waals surface area contributed by atoms with Crippen molar-refractivity contribution in [3.63, 3.8) is 0 Å². The van der Waals surface area contributed by atoms with Crippen LogP contribution in [0.4, 0.5) is 0 Å². The quantitative estimate of drug-likeness (QED) is 0.434. The number of hydrogen-bond acceptors (Lipinski definition) is 2. The van der Waals surface area contributed by atoms with Crippen molar-refractivity contribution in [1.29, 1.82) is 0 Å². The molecule has 0 aliphatic heterocycles. The van der Waals surface area contributed by atoms with E-state index in [4.69, 9.17) is 14.4 Å². The summed E-state index contributed by atoms with van der Waals surface area (Å²) >= 11 is 0. The van der Waals surface area contributed by atoms with Gasteiger partial charge >= 0.3 is 29.6 Å². The van der Waals surface area contributed by atoms with Crippen molar-refractivity contribution in [2.45, 2.75) is 20.8 Å². The van der Waals surface area contributed by atoms with Crippen LogP contribution in [0.25, 0.3) is 0 Å². The Morgan fingerprint density at radius 2 is 1.38 bits per heavy atom. The van der Waals surface area contributed by atoms with E-state index in [9.17, 15) is 0 Å². The standard InChI is InChI=1S/C6H15P.Na.H3O3P.H2O/c1-4-7(5-2)6-3;;1-4(2)3;/h4-6H2,1-3H3;;4H,(H2,1,2,3);1H2/q;+1;;/p-1. The van der Waals surface area contributed by atoms with Gasteiger partial charge in [0, 0.05) is 0 Å². The molecule has 0 amide bonds. The second-order valence-corrected chi connectivity index (χ2v) is 5.66. The monoisotopic (exact) mass is 240 g/mol. The van der Waals surface area contributed by atoms with Crippen molar-refractivity contribution in [1.82, 2.24) is 0 Å². The average molecular weight is 240 g/mol. The van der Waals surface area contributed by atoms with Gasteiger partial charge in [0.1, 0.15) is 8.25 Å². The fourth-order valence-electron chi connectivity index (χ4n) is 0.671. The molecule has 0 saturated heterocycles. The van der Waals surface area contributed by atoms with Crippen LogP contribution >= 0.6 is 16.2 Å². The molecule has 1 unspecified atom stereocenters. The van der Waals surface area contributed by atoms with E-state index >= 15 is 0 Å². The molecule has 7 heteroatoms. The van der Waals surface area contributed by atoms with Gasteiger partial charge in [-0.2, -0.15) is 0 Å². The van der Waals surface area contributed by atoms with Crippen molar-refractivity contribution in [3.05, 3.63) is 0 Å². The summed E-state index contributed by atoms with van der Waals surface area (Å²) in [5, 5.41) is 0. The van der Waals surface area contributed by atoms with Gasteiger partial charge in [-0.15, -0.1) is 7.92 Å². The molecule has 0 rings (SSSR count). The molecule has 0 aromatic carbocycles. The first-order valence-electron chi connectivity index (χ1n) is 3.70. The van der Waals surface area contributed by atoms with Gasteiger partial charge < -0.3 is 19.8 Å². The van der Waals surface area contributed by atoms with Crippen LogP contribution in [-0.2, 0) is 4.57 Å². The molecule has 0 aromatic heterocycles. The van der Waals surface area contributed by atoms with Gasteiger partial charge in [-0.3, -0.25) is 0 Å². The van der Waals surface area contributed by atoms with Crippen LogP contribution in [0.5, 0.6) is 0 Å². The minimum absolute atomic E-state index is 0. The molecule has 0 aromatic rings. The van der Waals surface area contributed by atoms with Crippen molar-refractivity contribution >= 4 is 16.2 Å². The van der Waals surface area contributed by atoms with Gasteiger partial charge in [-0.1, -0.05) is 20.8 Å². The van der Waals surface area contributed by atoms with Crippen LogP contribution < -0.4 is 34.5 Å². The SMILES string of the molecule is CCP(CC)CC.O.O=[PH]([O-])O.[Na+]. The van der Waals surface area contributed by atoms with E-state index in [1.54, 1.807) is 0 Å². The number of hydrogen-bond donors (Lipinski definition) is 1. The first kappa shape index (κ1) is 24.0. The third-order valence-corrected chi connectivity index (χ3v) is 4.02. The van der Waals surface area contributed by atoms with E-state index in [0.717, 1.165) is 0 Å². The van der Waals surface area contributed by atoms with Crippen LogP contribution in [0.15, 0.2) is 0 Å². The Kier molecular flexibility index (Phi) is 35.4. The molecule has 4 nitrogen and oxygen atoms in total. The van der Waals surface area contributed by atoms with E-state index in [-0.39, 0.29) is 35.0 Å². The maximum Gasteiger partial charge on any atom is 1.00 e. The van der Waals surface area contributed by atoms with Gasteiger partial charge in [0.05, 0.1) is 0 Å². The first-order valence-corrected chi connectivity index (χ1v) is 6.86. The summed E-state index contributed by atoms with van der Waals surface area (Å²) in [5.74, 6) is 0. The van der Waals surface area contributed by atoms with Crippen molar-refractivity contribution in [2.75, 3.05) is 18.5 Å². The second-order valence-electron chi connectivity index (χ2n) is 1.89. The van der Waals surface area contributed by atoms with Crippen LogP contribution in [0, 0.1) is 0 Å². The normalized spacial score (nSPS) is 10.3. The molecule has 0 fully saturated rings. The van der Waals surface area contributed by atoms with Gasteiger partial charge in [0.25, 0.3) is 0 Å². The minimum Gasteiger partial charge on any atom is -0.781 e. The molecule has 0 heterocycles. The predicted molar refractivity (Wildman–Crippen MR) is 53.4 cm³/mol. The molecule has 0 saturated carbocycles. The summed E-state index contributed by atoms with van der Waals surface area (Å²) < 4.78 is 8.63. The third kappa shape index (κ3) is 31.7. The summed E-state index contributed by atoms with van der Waals surface area (Å²) in [7, 11) is -2.93. The first-order chi connectivity index (χ1) is 5.08. The van der Waals surface area contributed by atoms with Crippen LogP contribution in [-0.4, -0.2) is 28.9 Å². The molecule has 3 N–H and O–H groups in total. The minimum atomic E-state index is -3.38. The van der Waals surface area contributed by atoms with Gasteiger partial charge in [0.2, 0.25) is 0 Å². The van der Waals surface area contributed by atoms with E-state index in [1.165, 1.54) is 18.5 Å². The zero-order chi connectivity index (χ0) is 9.28. The van der Waals surface area contributed by atoms with Crippen LogP contribution in [0.1, 0.15) is 20.8 Å². The fourth-order valence-corrected chi connectivity index (χ4v) is 2.01. The fraction of sp³-hybridized carbons (Fsp3) is 1.00. The van der Waals surface area contributed by atoms with Crippen molar-refractivity contribution in [3.8, 4) is 0 Å². The Morgan fingerprint density at radius 1 is 1.23 bits per heavy atom. The maximum atomic E-state index is 8.63. The molecular formula is C6H19NaO4P2. The molecule has 0 aliphatic carbocycles. The second kappa shape index (κ2) is 19.2. The van der Waals surface area contributed by atoms with Gasteiger partial charge in [0.15, 0.2) is 0 Å². The Bertz CT molecular complexity index is 91.1. The Morgan fingerprint density at radius 3 is 1.38 bits per heavy atom. The van der Waals surface area contributed by atoms with Crippen molar-refractivity contribution < 1.29 is 49.4 Å². The summed E-state index contributed by atoms with van der Waals surface area (Å²) in [5.41, 5.74) is 0. The summed E-state index contributed by atoms with van der Waals surface area (Å²) in [6.45, 7) is 6.87. The van der Waals surface area contributed by atoms with Crippen LogP contribution in [0.2, 0.25) is 0 Å². The summed E-state index contributed by atoms with van der Waals surface area (Å²) in [4.78, 5) is 15.7. The Labute approximate surface area is 104 Å². The molecule has 0 spiro atoms. The van der Waals surface area contributed by atoms with E-state index in [2.05, 4.69) is 20.8 Å². The predicted octanol–water partition coefficient (Wildman–Crippen LogP) is -2.56. The zero-order valence-electron chi connectivity index (χ0n) is 8.83. The van der Waals surface area contributed by atoms with Gasteiger partial charge in [-0.25, -0.2) is 0 Å². The van der Waals surface area contributed by atoms with E-state index in [1.807, 2.05) is 0 Å². The van der Waals surface area contributed by atoms with Gasteiger partial charge in [-0.05, 0) is 18.5 Å². The maximum absolute atomic E-state index is 8.63. The molecule has 0 bridgehead atoms. The summed E-state index contributed by atoms with van der Waals surface area (Å²) in [6.07, 6.45) is 4.26. The third-order valence-electron chi connectivity index (χ3n) is 1.34. The Hall–Kier alpha value is 1.54. The molecule has 78 valence electrons. The van der Waals surface area contributed by atoms with E-state index in [0.29, 0.717) is 7.92 Å². The molecule has 1 atom stereocenters. The molecule has 13 heavy (non-hydrogen) atoms. The van der Waals surface area contributed by atoms with Crippen LogP contribution in [0.3, 0.4) is 0 Å².